The highest BCUT2D eigenvalue weighted by Gasteiger charge is 2.09. The highest BCUT2D eigenvalue weighted by atomic mass is 32.1. The first-order chi connectivity index (χ1) is 8.93. The van der Waals surface area contributed by atoms with Crippen LogP contribution in [0.1, 0.15) is 24.2 Å². The number of thiocarbonyl (C=S) groups is 1. The smallest absolute Gasteiger partial charge is 0.305 e. The molecule has 0 aliphatic rings. The summed E-state index contributed by atoms with van der Waals surface area (Å²) < 4.78 is 4.59. The summed E-state index contributed by atoms with van der Waals surface area (Å²) in [6.45, 7) is 2.50. The van der Waals surface area contributed by atoms with E-state index in [-0.39, 0.29) is 11.0 Å². The van der Waals surface area contributed by atoms with Crippen LogP contribution in [-0.2, 0) is 9.53 Å². The zero-order chi connectivity index (χ0) is 14.4. The van der Waals surface area contributed by atoms with Gasteiger partial charge in [-0.2, -0.15) is 0 Å². The van der Waals surface area contributed by atoms with Crippen LogP contribution in [0, 0.1) is 6.92 Å². The molecule has 1 aromatic rings. The lowest BCUT2D eigenvalue weighted by molar-refractivity contribution is -0.140. The summed E-state index contributed by atoms with van der Waals surface area (Å²) >= 11 is 4.91. The highest BCUT2D eigenvalue weighted by Crippen LogP contribution is 2.10. The Labute approximate surface area is 118 Å². The van der Waals surface area contributed by atoms with Crippen LogP contribution in [0.3, 0.4) is 0 Å². The maximum absolute atomic E-state index is 11.0. The van der Waals surface area contributed by atoms with Gasteiger partial charge in [-0.3, -0.25) is 4.79 Å². The molecule has 0 aliphatic carbocycles. The number of ether oxygens (including phenoxy) is 1. The Hall–Kier alpha value is -1.76. The number of anilines is 1. The maximum atomic E-state index is 11.0. The van der Waals surface area contributed by atoms with Crippen molar-refractivity contribution in [2.24, 2.45) is 5.73 Å². The fourth-order valence-electron chi connectivity index (χ4n) is 1.51. The molecule has 0 unspecified atom stereocenters. The Kier molecular flexibility index (Phi) is 5.62. The number of nitrogens with two attached hydrogens (primary N) is 1. The molecule has 0 saturated heterocycles. The van der Waals surface area contributed by atoms with E-state index in [1.54, 1.807) is 6.07 Å². The van der Waals surface area contributed by atoms with Gasteiger partial charge in [-0.15, -0.1) is 0 Å². The van der Waals surface area contributed by atoms with Crippen LogP contribution in [0.5, 0.6) is 0 Å². The third kappa shape index (κ3) is 4.78. The summed E-state index contributed by atoms with van der Waals surface area (Å²) in [5.41, 5.74) is 6.92. The normalized spacial score (nSPS) is 10.1. The average molecular weight is 282 g/mol. The van der Waals surface area contributed by atoms with Gasteiger partial charge in [0.05, 0.1) is 7.11 Å². The zero-order valence-electron chi connectivity index (χ0n) is 11.3. The van der Waals surface area contributed by atoms with Gasteiger partial charge >= 0.3 is 5.97 Å². The van der Waals surface area contributed by atoms with Gasteiger partial charge in [-0.05, 0) is 19.4 Å². The van der Waals surface area contributed by atoms with Crippen molar-refractivity contribution < 1.29 is 9.53 Å². The molecule has 0 aliphatic heterocycles. The number of aromatic nitrogens is 2. The molecule has 0 aromatic carbocycles. The van der Waals surface area contributed by atoms with Gasteiger partial charge in [0.25, 0.3) is 0 Å². The van der Waals surface area contributed by atoms with Crippen molar-refractivity contribution in [2.75, 3.05) is 25.6 Å². The summed E-state index contributed by atoms with van der Waals surface area (Å²) in [6.07, 6.45) is 1.04. The van der Waals surface area contributed by atoms with Crippen molar-refractivity contribution in [3.8, 4) is 0 Å². The lowest BCUT2D eigenvalue weighted by atomic mass is 10.3. The maximum Gasteiger partial charge on any atom is 0.305 e. The monoisotopic (exact) mass is 282 g/mol. The molecular weight excluding hydrogens is 264 g/mol. The third-order valence-electron chi connectivity index (χ3n) is 2.54. The van der Waals surface area contributed by atoms with Crippen LogP contribution < -0.4 is 10.6 Å². The predicted octanol–water partition coefficient (Wildman–Crippen LogP) is 0.809. The summed E-state index contributed by atoms with van der Waals surface area (Å²) in [5.74, 6) is 0.329. The van der Waals surface area contributed by atoms with Crippen molar-refractivity contribution in [3.63, 3.8) is 0 Å². The molecule has 0 saturated carbocycles. The summed E-state index contributed by atoms with van der Waals surface area (Å²) in [4.78, 5) is 21.7. The van der Waals surface area contributed by atoms with Crippen molar-refractivity contribution in [1.29, 1.82) is 0 Å². The SMILES string of the molecule is COC(=O)CCCN(C)c1nc(C)cc(C(N)=S)n1. The van der Waals surface area contributed by atoms with E-state index in [0.717, 1.165) is 5.69 Å². The minimum Gasteiger partial charge on any atom is -0.469 e. The fraction of sp³-hybridized carbons (Fsp3) is 0.500. The molecule has 104 valence electrons. The molecule has 6 nitrogen and oxygen atoms in total. The number of aryl methyl sites for hydroxylation is 1. The number of methoxy groups -OCH3 is 1. The highest BCUT2D eigenvalue weighted by molar-refractivity contribution is 7.80. The Morgan fingerprint density at radius 2 is 2.21 bits per heavy atom. The molecule has 19 heavy (non-hydrogen) atoms. The number of hydrogen-bond acceptors (Lipinski definition) is 6. The minimum absolute atomic E-state index is 0.220. The van der Waals surface area contributed by atoms with Gasteiger partial charge in [0.15, 0.2) is 0 Å². The molecule has 7 heteroatoms. The molecule has 2 N–H and O–H groups in total. The van der Waals surface area contributed by atoms with Gasteiger partial charge in [-0.1, -0.05) is 12.2 Å². The number of carbonyl (C=O) groups is 1. The second kappa shape index (κ2) is 6.98. The van der Waals surface area contributed by atoms with Crippen LogP contribution in [0.4, 0.5) is 5.95 Å². The number of carbonyl (C=O) groups excluding carboxylic acids is 1. The first kappa shape index (κ1) is 15.3. The van der Waals surface area contributed by atoms with Crippen molar-refractivity contribution >= 4 is 29.1 Å². The molecule has 0 amide bonds. The average Bonchev–Trinajstić information content (AvgIpc) is 2.37. The molecule has 1 aromatic heterocycles. The van der Waals surface area contributed by atoms with Crippen molar-refractivity contribution in [2.45, 2.75) is 19.8 Å². The predicted molar refractivity (Wildman–Crippen MR) is 77.2 cm³/mol. The van der Waals surface area contributed by atoms with E-state index in [4.69, 9.17) is 18.0 Å². The second-order valence-electron chi connectivity index (χ2n) is 4.16. The largest absolute Gasteiger partial charge is 0.469 e. The van der Waals surface area contributed by atoms with E-state index in [0.29, 0.717) is 31.0 Å². The molecule has 1 rings (SSSR count). The number of rotatable bonds is 6. The number of nitrogens with zero attached hydrogens (tertiary/aromatic N) is 3. The first-order valence-corrected chi connectivity index (χ1v) is 6.28. The minimum atomic E-state index is -0.220. The Bertz CT molecular complexity index is 479. The van der Waals surface area contributed by atoms with E-state index in [2.05, 4.69) is 14.7 Å². The van der Waals surface area contributed by atoms with Crippen LogP contribution in [0.2, 0.25) is 0 Å². The topological polar surface area (TPSA) is 81.3 Å². The van der Waals surface area contributed by atoms with Gasteiger partial charge in [0.1, 0.15) is 10.7 Å². The van der Waals surface area contributed by atoms with Crippen LogP contribution in [-0.4, -0.2) is 41.6 Å². The molecule has 0 radical (unpaired) electrons. The summed E-state index contributed by atoms with van der Waals surface area (Å²) in [6, 6.07) is 1.74. The summed E-state index contributed by atoms with van der Waals surface area (Å²) in [5, 5.41) is 0. The molecule has 0 fully saturated rings. The standard InChI is InChI=1S/C12H18N4O2S/c1-8-7-9(11(13)19)15-12(14-8)16(2)6-4-5-10(17)18-3/h7H,4-6H2,1-3H3,(H2,13,19). The van der Waals surface area contributed by atoms with Crippen molar-refractivity contribution in [1.82, 2.24) is 9.97 Å². The molecule has 0 bridgehead atoms. The quantitative estimate of drug-likeness (QED) is 0.610. The van der Waals surface area contributed by atoms with E-state index in [1.807, 2.05) is 18.9 Å². The molecule has 1 heterocycles. The van der Waals surface area contributed by atoms with E-state index in [9.17, 15) is 4.79 Å². The van der Waals surface area contributed by atoms with E-state index in [1.165, 1.54) is 7.11 Å². The second-order valence-corrected chi connectivity index (χ2v) is 4.60. The van der Waals surface area contributed by atoms with E-state index >= 15 is 0 Å². The number of hydrogen-bond donors (Lipinski definition) is 1. The zero-order valence-corrected chi connectivity index (χ0v) is 12.2. The van der Waals surface area contributed by atoms with Crippen LogP contribution in [0.25, 0.3) is 0 Å². The first-order valence-electron chi connectivity index (χ1n) is 5.87. The number of esters is 1. The Morgan fingerprint density at radius 3 is 2.79 bits per heavy atom. The van der Waals surface area contributed by atoms with Crippen LogP contribution in [0.15, 0.2) is 6.07 Å². The van der Waals surface area contributed by atoms with Gasteiger partial charge in [0, 0.05) is 25.7 Å². The lowest BCUT2D eigenvalue weighted by Gasteiger charge is -2.17. The Balaban J connectivity index is 2.68. The summed E-state index contributed by atoms with van der Waals surface area (Å²) in [7, 11) is 3.24. The molecule has 0 spiro atoms. The van der Waals surface area contributed by atoms with Gasteiger partial charge < -0.3 is 15.4 Å². The van der Waals surface area contributed by atoms with Crippen molar-refractivity contribution in [3.05, 3.63) is 17.5 Å². The Morgan fingerprint density at radius 1 is 1.53 bits per heavy atom. The fourth-order valence-corrected chi connectivity index (χ4v) is 1.62. The van der Waals surface area contributed by atoms with Gasteiger partial charge in [0.2, 0.25) is 5.95 Å². The molecular formula is C12H18N4O2S. The third-order valence-corrected chi connectivity index (χ3v) is 2.75. The molecule has 0 atom stereocenters. The lowest BCUT2D eigenvalue weighted by Crippen LogP contribution is -2.24. The van der Waals surface area contributed by atoms with E-state index < -0.39 is 0 Å². The van der Waals surface area contributed by atoms with Gasteiger partial charge in [-0.25, -0.2) is 9.97 Å². The van der Waals surface area contributed by atoms with Crippen LogP contribution >= 0.6 is 12.2 Å².